The number of Topliss-reactive ketones (excluding diaryl/α,β-unsaturated/α-hetero) is 1. The first-order valence-electron chi connectivity index (χ1n) is 10.5. The van der Waals surface area contributed by atoms with Crippen LogP contribution in [-0.2, 0) is 19.0 Å². The van der Waals surface area contributed by atoms with E-state index < -0.39 is 0 Å². The summed E-state index contributed by atoms with van der Waals surface area (Å²) in [6, 6.07) is 4.74. The van der Waals surface area contributed by atoms with Crippen molar-refractivity contribution in [2.24, 2.45) is 0 Å². The Labute approximate surface area is 185 Å². The molecule has 1 amide bonds. The van der Waals surface area contributed by atoms with E-state index in [0.29, 0.717) is 43.4 Å². The zero-order valence-corrected chi connectivity index (χ0v) is 19.7. The highest BCUT2D eigenvalue weighted by molar-refractivity contribution is 5.99. The van der Waals surface area contributed by atoms with Crippen molar-refractivity contribution in [3.63, 3.8) is 0 Å². The topological polar surface area (TPSA) is 109 Å². The van der Waals surface area contributed by atoms with Gasteiger partial charge in [0.1, 0.15) is 5.75 Å². The highest BCUT2D eigenvalue weighted by Gasteiger charge is 2.22. The zero-order valence-electron chi connectivity index (χ0n) is 19.7. The molecule has 31 heavy (non-hydrogen) atoms. The van der Waals surface area contributed by atoms with Crippen LogP contribution in [0.15, 0.2) is 18.2 Å². The first kappa shape index (κ1) is 26.9. The van der Waals surface area contributed by atoms with Gasteiger partial charge in [0.05, 0.1) is 24.4 Å². The lowest BCUT2D eigenvalue weighted by atomic mass is 10.0. The second kappa shape index (κ2) is 12.6. The minimum Gasteiger partial charge on any atom is -0.484 e. The quantitative estimate of drug-likeness (QED) is 0.246. The van der Waals surface area contributed by atoms with Gasteiger partial charge < -0.3 is 30.0 Å². The summed E-state index contributed by atoms with van der Waals surface area (Å²) in [6.07, 6.45) is 1.56. The van der Waals surface area contributed by atoms with E-state index in [1.165, 1.54) is 13.0 Å². The Hall–Kier alpha value is -2.16. The lowest BCUT2D eigenvalue weighted by molar-refractivity contribution is -0.124. The van der Waals surface area contributed by atoms with Gasteiger partial charge in [-0.2, -0.15) is 0 Å². The molecule has 8 heteroatoms. The van der Waals surface area contributed by atoms with Crippen molar-refractivity contribution in [2.45, 2.75) is 58.7 Å². The molecule has 0 spiro atoms. The van der Waals surface area contributed by atoms with Gasteiger partial charge in [0, 0.05) is 37.6 Å². The predicted molar refractivity (Wildman–Crippen MR) is 121 cm³/mol. The summed E-state index contributed by atoms with van der Waals surface area (Å²) in [7, 11) is 1.68. The zero-order chi connectivity index (χ0) is 23.5. The molecular formula is C23H38N2O6. The number of carbonyl (C=O) groups is 2. The Bertz CT molecular complexity index is 718. The lowest BCUT2D eigenvalue weighted by Crippen LogP contribution is -2.35. The van der Waals surface area contributed by atoms with Crippen LogP contribution in [0.1, 0.15) is 57.8 Å². The Balaban J connectivity index is 2.25. The number of ketones is 1. The molecule has 0 fully saturated rings. The van der Waals surface area contributed by atoms with Crippen molar-refractivity contribution in [3.8, 4) is 5.75 Å². The van der Waals surface area contributed by atoms with E-state index in [1.54, 1.807) is 19.2 Å². The fourth-order valence-corrected chi connectivity index (χ4v) is 2.73. The van der Waals surface area contributed by atoms with Crippen molar-refractivity contribution in [1.82, 2.24) is 5.32 Å². The number of benzene rings is 1. The maximum absolute atomic E-state index is 12.0. The largest absolute Gasteiger partial charge is 0.484 e. The van der Waals surface area contributed by atoms with E-state index in [9.17, 15) is 9.59 Å². The molecule has 1 aromatic rings. The Morgan fingerprint density at radius 1 is 1.00 bits per heavy atom. The minimum atomic E-state index is -0.367. The standard InChI is InChI=1S/C23H38N2O6/c1-17(26)19-8-7-18(15-20(19)24)29-16-21(27)25-11-14-31-23(4,5)10-13-30-22(2,3)9-12-28-6/h7-8,15H,9-14,16,24H2,1-6H3,(H,25,27). The maximum atomic E-state index is 12.0. The Kier molecular flexibility index (Phi) is 11.0. The first-order chi connectivity index (χ1) is 14.5. The van der Waals surface area contributed by atoms with Gasteiger partial charge in [-0.15, -0.1) is 0 Å². The number of methoxy groups -OCH3 is 1. The molecule has 0 aliphatic rings. The number of amides is 1. The van der Waals surface area contributed by atoms with Gasteiger partial charge in [0.25, 0.3) is 5.91 Å². The summed E-state index contributed by atoms with van der Waals surface area (Å²) in [5, 5.41) is 2.75. The van der Waals surface area contributed by atoms with Crippen molar-refractivity contribution in [3.05, 3.63) is 23.8 Å². The average Bonchev–Trinajstić information content (AvgIpc) is 2.67. The molecule has 8 nitrogen and oxygen atoms in total. The molecule has 0 bridgehead atoms. The smallest absolute Gasteiger partial charge is 0.258 e. The predicted octanol–water partition coefficient (Wildman–Crippen LogP) is 2.98. The molecule has 0 heterocycles. The molecule has 3 N–H and O–H groups in total. The third-order valence-corrected chi connectivity index (χ3v) is 4.79. The summed E-state index contributed by atoms with van der Waals surface area (Å²) in [4.78, 5) is 23.4. The van der Waals surface area contributed by atoms with Crippen molar-refractivity contribution in [1.29, 1.82) is 0 Å². The van der Waals surface area contributed by atoms with Crippen LogP contribution in [0.5, 0.6) is 5.75 Å². The Morgan fingerprint density at radius 3 is 2.19 bits per heavy atom. The average molecular weight is 439 g/mol. The monoisotopic (exact) mass is 438 g/mol. The molecule has 0 aromatic heterocycles. The van der Waals surface area contributed by atoms with Crippen molar-refractivity contribution < 1.29 is 28.5 Å². The van der Waals surface area contributed by atoms with E-state index in [4.69, 9.17) is 24.7 Å². The third-order valence-electron chi connectivity index (χ3n) is 4.79. The van der Waals surface area contributed by atoms with Gasteiger partial charge in [-0.25, -0.2) is 0 Å². The molecule has 1 rings (SSSR count). The number of hydrogen-bond donors (Lipinski definition) is 2. The van der Waals surface area contributed by atoms with E-state index in [1.807, 2.05) is 27.7 Å². The van der Waals surface area contributed by atoms with E-state index in [0.717, 1.165) is 12.8 Å². The molecule has 0 saturated heterocycles. The molecular weight excluding hydrogens is 400 g/mol. The fourth-order valence-electron chi connectivity index (χ4n) is 2.73. The van der Waals surface area contributed by atoms with Crippen LogP contribution in [0.4, 0.5) is 5.69 Å². The van der Waals surface area contributed by atoms with E-state index in [-0.39, 0.29) is 29.5 Å². The number of rotatable bonds is 15. The van der Waals surface area contributed by atoms with Crippen LogP contribution >= 0.6 is 0 Å². The second-order valence-corrected chi connectivity index (χ2v) is 8.65. The van der Waals surface area contributed by atoms with Gasteiger partial charge in [-0.1, -0.05) is 0 Å². The van der Waals surface area contributed by atoms with Crippen LogP contribution in [-0.4, -0.2) is 63.0 Å². The van der Waals surface area contributed by atoms with Gasteiger partial charge in [0.2, 0.25) is 0 Å². The number of nitrogens with one attached hydrogen (secondary N) is 1. The highest BCUT2D eigenvalue weighted by Crippen LogP contribution is 2.21. The lowest BCUT2D eigenvalue weighted by Gasteiger charge is -2.29. The summed E-state index contributed by atoms with van der Waals surface area (Å²) >= 11 is 0. The van der Waals surface area contributed by atoms with Crippen molar-refractivity contribution >= 4 is 17.4 Å². The molecule has 0 saturated carbocycles. The van der Waals surface area contributed by atoms with E-state index in [2.05, 4.69) is 5.32 Å². The molecule has 0 unspecified atom stereocenters. The Morgan fingerprint density at radius 2 is 1.61 bits per heavy atom. The van der Waals surface area contributed by atoms with Crippen LogP contribution < -0.4 is 15.8 Å². The fraction of sp³-hybridized carbons (Fsp3) is 0.652. The second-order valence-electron chi connectivity index (χ2n) is 8.65. The van der Waals surface area contributed by atoms with Gasteiger partial charge in [0.15, 0.2) is 12.4 Å². The number of ether oxygens (including phenoxy) is 4. The molecule has 0 radical (unpaired) electrons. The number of nitrogen functional groups attached to an aromatic ring is 1. The molecule has 176 valence electrons. The SMILES string of the molecule is COCCC(C)(C)OCCC(C)(C)OCCNC(=O)COc1ccc(C(C)=O)c(N)c1. The number of hydrogen-bond acceptors (Lipinski definition) is 7. The normalized spacial score (nSPS) is 11.9. The summed E-state index contributed by atoms with van der Waals surface area (Å²) in [6.45, 7) is 11.4. The summed E-state index contributed by atoms with van der Waals surface area (Å²) in [5.41, 5.74) is 5.97. The molecule has 0 aliphatic heterocycles. The first-order valence-corrected chi connectivity index (χ1v) is 10.5. The molecule has 1 aromatic carbocycles. The van der Waals surface area contributed by atoms with Crippen molar-refractivity contribution in [2.75, 3.05) is 45.8 Å². The van der Waals surface area contributed by atoms with E-state index >= 15 is 0 Å². The van der Waals surface area contributed by atoms with Crippen LogP contribution in [0, 0.1) is 0 Å². The summed E-state index contributed by atoms with van der Waals surface area (Å²) in [5.74, 6) is 0.0494. The molecule has 0 aliphatic carbocycles. The molecule has 0 atom stereocenters. The summed E-state index contributed by atoms with van der Waals surface area (Å²) < 4.78 is 22.4. The highest BCUT2D eigenvalue weighted by atomic mass is 16.5. The van der Waals surface area contributed by atoms with Gasteiger partial charge in [-0.05, 0) is 59.6 Å². The number of nitrogens with two attached hydrogens (primary N) is 1. The third kappa shape index (κ3) is 11.1. The van der Waals surface area contributed by atoms with Crippen LogP contribution in [0.3, 0.4) is 0 Å². The number of carbonyl (C=O) groups excluding carboxylic acids is 2. The van der Waals surface area contributed by atoms with Gasteiger partial charge >= 0.3 is 0 Å². The van der Waals surface area contributed by atoms with Crippen LogP contribution in [0.25, 0.3) is 0 Å². The van der Waals surface area contributed by atoms with Crippen LogP contribution in [0.2, 0.25) is 0 Å². The maximum Gasteiger partial charge on any atom is 0.258 e. The number of anilines is 1. The van der Waals surface area contributed by atoms with Gasteiger partial charge in [-0.3, -0.25) is 9.59 Å². The minimum absolute atomic E-state index is 0.119.